The lowest BCUT2D eigenvalue weighted by molar-refractivity contribution is 0.566. The van der Waals surface area contributed by atoms with Crippen LogP contribution in [0.5, 0.6) is 0 Å². The normalized spacial score (nSPS) is 14.5. The molecule has 0 aliphatic heterocycles. The highest BCUT2D eigenvalue weighted by Gasteiger charge is 2.31. The number of allylic oxidation sites excluding steroid dienone is 1. The molecule has 1 atom stereocenters. The molecule has 0 bridgehead atoms. The van der Waals surface area contributed by atoms with Crippen LogP contribution in [0.3, 0.4) is 0 Å². The predicted octanol–water partition coefficient (Wildman–Crippen LogP) is 10.4. The Bertz CT molecular complexity index is 2650. The Labute approximate surface area is 276 Å². The predicted molar refractivity (Wildman–Crippen MR) is 194 cm³/mol. The zero-order valence-corrected chi connectivity index (χ0v) is 25.9. The van der Waals surface area contributed by atoms with Crippen LogP contribution in [-0.2, 0) is 6.42 Å². The number of benzene rings is 6. The van der Waals surface area contributed by atoms with Crippen molar-refractivity contribution in [3.63, 3.8) is 0 Å². The molecule has 5 nitrogen and oxygen atoms in total. The third kappa shape index (κ3) is 4.21. The highest BCUT2D eigenvalue weighted by atomic mass is 16.3. The van der Waals surface area contributed by atoms with E-state index < -0.39 is 0 Å². The molecule has 1 aliphatic carbocycles. The minimum atomic E-state index is -0.0193. The first-order chi connectivity index (χ1) is 23.8. The second-order valence-electron chi connectivity index (χ2n) is 12.4. The molecule has 0 radical (unpaired) electrons. The summed E-state index contributed by atoms with van der Waals surface area (Å²) in [5, 5.41) is 6.08. The maximum atomic E-state index is 6.67. The van der Waals surface area contributed by atoms with Crippen LogP contribution in [0.15, 0.2) is 156 Å². The van der Waals surface area contributed by atoms with Crippen LogP contribution in [0.25, 0.3) is 71.9 Å². The van der Waals surface area contributed by atoms with Crippen LogP contribution in [0.4, 0.5) is 0 Å². The lowest BCUT2D eigenvalue weighted by atomic mass is 9.91. The fourth-order valence-electron chi connectivity index (χ4n) is 7.37. The van der Waals surface area contributed by atoms with Gasteiger partial charge in [0.15, 0.2) is 17.5 Å². The van der Waals surface area contributed by atoms with Gasteiger partial charge in [0.1, 0.15) is 11.3 Å². The Morgan fingerprint density at radius 2 is 1.10 bits per heavy atom. The lowest BCUT2D eigenvalue weighted by Gasteiger charge is -2.24. The summed E-state index contributed by atoms with van der Waals surface area (Å²) in [7, 11) is 0. The van der Waals surface area contributed by atoms with Gasteiger partial charge in [-0.2, -0.15) is 0 Å². The molecule has 3 aromatic heterocycles. The summed E-state index contributed by atoms with van der Waals surface area (Å²) in [4.78, 5) is 15.2. The minimum absolute atomic E-state index is 0.0193. The number of rotatable bonds is 4. The molecule has 0 amide bonds. The van der Waals surface area contributed by atoms with E-state index >= 15 is 0 Å². The number of furan rings is 1. The van der Waals surface area contributed by atoms with Crippen molar-refractivity contribution in [1.29, 1.82) is 0 Å². The fourth-order valence-corrected chi connectivity index (χ4v) is 7.37. The number of hydrogen-bond acceptors (Lipinski definition) is 4. The molecule has 10 rings (SSSR count). The molecule has 48 heavy (non-hydrogen) atoms. The standard InChI is InChI=1S/C43H28N4O/c1-3-13-27(14-4-1)41-44-42(28-15-5-2-6-16-28)46-43(45-41)36-26-31(25-35-33-20-10-12-22-39(33)48-40(35)36)47-37-21-11-9-19-32(37)34-23-29-17-7-8-18-30(29)24-38(34)47/h1-24,26,31H,25H2. The Kier molecular flexibility index (Phi) is 5.93. The van der Waals surface area contributed by atoms with Gasteiger partial charge in [0.25, 0.3) is 0 Å². The van der Waals surface area contributed by atoms with Gasteiger partial charge in [0.05, 0.1) is 17.1 Å². The maximum absolute atomic E-state index is 6.67. The van der Waals surface area contributed by atoms with Gasteiger partial charge in [-0.25, -0.2) is 15.0 Å². The number of para-hydroxylation sites is 2. The van der Waals surface area contributed by atoms with Crippen LogP contribution in [0.2, 0.25) is 0 Å². The summed E-state index contributed by atoms with van der Waals surface area (Å²) >= 11 is 0. The van der Waals surface area contributed by atoms with E-state index in [9.17, 15) is 0 Å². The van der Waals surface area contributed by atoms with Crippen molar-refractivity contribution in [1.82, 2.24) is 19.5 Å². The van der Waals surface area contributed by atoms with E-state index in [1.165, 1.54) is 38.1 Å². The summed E-state index contributed by atoms with van der Waals surface area (Å²) in [5.74, 6) is 2.67. The van der Waals surface area contributed by atoms with Gasteiger partial charge in [-0.1, -0.05) is 121 Å². The Hall–Kier alpha value is -6.33. The first kappa shape index (κ1) is 26.8. The van der Waals surface area contributed by atoms with Crippen molar-refractivity contribution in [2.45, 2.75) is 12.5 Å². The van der Waals surface area contributed by atoms with Crippen LogP contribution in [0, 0.1) is 0 Å². The molecule has 6 aromatic carbocycles. The third-order valence-corrected chi connectivity index (χ3v) is 9.56. The number of aromatic nitrogens is 4. The summed E-state index contributed by atoms with van der Waals surface area (Å²) < 4.78 is 9.17. The molecule has 0 saturated carbocycles. The summed E-state index contributed by atoms with van der Waals surface area (Å²) in [5.41, 5.74) is 7.19. The van der Waals surface area contributed by atoms with E-state index in [0.29, 0.717) is 17.5 Å². The van der Waals surface area contributed by atoms with Gasteiger partial charge in [0.2, 0.25) is 0 Å². The second kappa shape index (κ2) is 10.6. The van der Waals surface area contributed by atoms with Gasteiger partial charge in [-0.15, -0.1) is 0 Å². The monoisotopic (exact) mass is 616 g/mol. The average molecular weight is 617 g/mol. The van der Waals surface area contributed by atoms with Gasteiger partial charge in [-0.3, -0.25) is 0 Å². The van der Waals surface area contributed by atoms with Crippen molar-refractivity contribution in [3.05, 3.63) is 169 Å². The maximum Gasteiger partial charge on any atom is 0.167 e. The van der Waals surface area contributed by atoms with Crippen molar-refractivity contribution in [2.24, 2.45) is 0 Å². The molecule has 3 heterocycles. The SMILES string of the molecule is C1=C(c2nc(-c3ccccc3)nc(-c3ccccc3)n2)c2oc3ccccc3c2CC1n1c2ccccc2c2cc3ccccc3cc21. The van der Waals surface area contributed by atoms with Crippen molar-refractivity contribution in [2.75, 3.05) is 0 Å². The van der Waals surface area contributed by atoms with E-state index in [4.69, 9.17) is 19.4 Å². The van der Waals surface area contributed by atoms with Crippen molar-refractivity contribution in [3.8, 4) is 22.8 Å². The Morgan fingerprint density at radius 1 is 0.521 bits per heavy atom. The summed E-state index contributed by atoms with van der Waals surface area (Å²) in [6, 6.07) is 50.6. The number of nitrogens with zero attached hydrogens (tertiary/aromatic N) is 4. The third-order valence-electron chi connectivity index (χ3n) is 9.56. The highest BCUT2D eigenvalue weighted by molar-refractivity contribution is 6.13. The molecular weight excluding hydrogens is 589 g/mol. The molecule has 0 fully saturated rings. The zero-order valence-electron chi connectivity index (χ0n) is 25.9. The van der Waals surface area contributed by atoms with E-state index in [1.807, 2.05) is 72.8 Å². The highest BCUT2D eigenvalue weighted by Crippen LogP contribution is 2.44. The lowest BCUT2D eigenvalue weighted by Crippen LogP contribution is -2.16. The molecule has 0 spiro atoms. The molecule has 0 N–H and O–H groups in total. The van der Waals surface area contributed by atoms with Crippen LogP contribution < -0.4 is 0 Å². The zero-order chi connectivity index (χ0) is 31.6. The molecule has 0 saturated heterocycles. The van der Waals surface area contributed by atoms with Gasteiger partial charge in [0, 0.05) is 44.8 Å². The van der Waals surface area contributed by atoms with Crippen LogP contribution in [0.1, 0.15) is 23.2 Å². The summed E-state index contributed by atoms with van der Waals surface area (Å²) in [6.45, 7) is 0. The molecule has 1 aliphatic rings. The molecule has 1 unspecified atom stereocenters. The molecule has 5 heteroatoms. The van der Waals surface area contributed by atoms with Crippen LogP contribution >= 0.6 is 0 Å². The van der Waals surface area contributed by atoms with Gasteiger partial charge in [-0.05, 0) is 41.1 Å². The van der Waals surface area contributed by atoms with Crippen LogP contribution in [-0.4, -0.2) is 19.5 Å². The topological polar surface area (TPSA) is 56.7 Å². The molecule has 9 aromatic rings. The molecular formula is C43H28N4O. The van der Waals surface area contributed by atoms with E-state index in [2.05, 4.69) is 83.4 Å². The second-order valence-corrected chi connectivity index (χ2v) is 12.4. The van der Waals surface area contributed by atoms with E-state index in [0.717, 1.165) is 39.9 Å². The average Bonchev–Trinajstić information content (AvgIpc) is 3.69. The number of hydrogen-bond donors (Lipinski definition) is 0. The van der Waals surface area contributed by atoms with E-state index in [1.54, 1.807) is 0 Å². The van der Waals surface area contributed by atoms with E-state index in [-0.39, 0.29) is 6.04 Å². The minimum Gasteiger partial charge on any atom is -0.456 e. The van der Waals surface area contributed by atoms with Crippen molar-refractivity contribution < 1.29 is 4.42 Å². The smallest absolute Gasteiger partial charge is 0.167 e. The Balaban J connectivity index is 1.26. The summed E-state index contributed by atoms with van der Waals surface area (Å²) in [6.07, 6.45) is 3.09. The first-order valence-electron chi connectivity index (χ1n) is 16.3. The van der Waals surface area contributed by atoms with Crippen molar-refractivity contribution >= 4 is 49.1 Å². The Morgan fingerprint density at radius 3 is 1.83 bits per heavy atom. The molecule has 226 valence electrons. The number of fused-ring (bicyclic) bond motifs is 7. The van der Waals surface area contributed by atoms with Gasteiger partial charge >= 0.3 is 0 Å². The fraction of sp³-hybridized carbons (Fsp3) is 0.0465. The largest absolute Gasteiger partial charge is 0.456 e. The quantitative estimate of drug-likeness (QED) is 0.197. The first-order valence-corrected chi connectivity index (χ1v) is 16.3. The van der Waals surface area contributed by atoms with Gasteiger partial charge < -0.3 is 8.98 Å².